The predicted molar refractivity (Wildman–Crippen MR) is 82.8 cm³/mol. The monoisotopic (exact) mass is 284 g/mol. The number of pyridine rings is 1. The lowest BCUT2D eigenvalue weighted by molar-refractivity contribution is -0.124. The van der Waals surface area contributed by atoms with Gasteiger partial charge in [0.2, 0.25) is 5.91 Å². The number of aromatic nitrogens is 1. The fourth-order valence-corrected chi connectivity index (χ4v) is 5.65. The number of nitrogens with zero attached hydrogens (tertiary/aromatic N) is 1. The van der Waals surface area contributed by atoms with E-state index in [0.29, 0.717) is 17.7 Å². The summed E-state index contributed by atoms with van der Waals surface area (Å²) in [5, 5.41) is 3.01. The first-order valence-corrected chi connectivity index (χ1v) is 8.34. The molecule has 1 heterocycles. The predicted octanol–water partition coefficient (Wildman–Crippen LogP) is 3.94. The van der Waals surface area contributed by atoms with Crippen LogP contribution in [0.4, 0.5) is 5.82 Å². The van der Waals surface area contributed by atoms with Crippen molar-refractivity contribution in [3.63, 3.8) is 0 Å². The Balaban J connectivity index is 1.45. The molecule has 3 nitrogen and oxygen atoms in total. The highest BCUT2D eigenvalue weighted by Crippen LogP contribution is 2.61. The average molecular weight is 284 g/mol. The van der Waals surface area contributed by atoms with Gasteiger partial charge in [-0.15, -0.1) is 0 Å². The lowest BCUT2D eigenvalue weighted by Crippen LogP contribution is -2.47. The van der Waals surface area contributed by atoms with Crippen molar-refractivity contribution in [2.45, 2.75) is 51.9 Å². The van der Waals surface area contributed by atoms with Crippen molar-refractivity contribution in [3.05, 3.63) is 23.9 Å². The zero-order valence-electron chi connectivity index (χ0n) is 12.8. The second kappa shape index (κ2) is 4.82. The van der Waals surface area contributed by atoms with Crippen LogP contribution in [-0.4, -0.2) is 10.9 Å². The Hall–Kier alpha value is -1.38. The van der Waals surface area contributed by atoms with Gasteiger partial charge in [0.25, 0.3) is 0 Å². The Morgan fingerprint density at radius 2 is 1.81 bits per heavy atom. The molecule has 4 saturated carbocycles. The minimum Gasteiger partial charge on any atom is -0.311 e. The molecule has 0 aliphatic heterocycles. The van der Waals surface area contributed by atoms with Crippen molar-refractivity contribution in [1.29, 1.82) is 0 Å². The lowest BCUT2D eigenvalue weighted by Gasteiger charge is -2.56. The number of hydrogen-bond donors (Lipinski definition) is 1. The van der Waals surface area contributed by atoms with E-state index in [2.05, 4.69) is 10.3 Å². The Morgan fingerprint density at radius 3 is 2.38 bits per heavy atom. The van der Waals surface area contributed by atoms with E-state index < -0.39 is 0 Å². The van der Waals surface area contributed by atoms with E-state index in [1.807, 2.05) is 25.1 Å². The van der Waals surface area contributed by atoms with Crippen LogP contribution in [0.15, 0.2) is 18.2 Å². The van der Waals surface area contributed by atoms with Crippen LogP contribution in [0.1, 0.15) is 50.6 Å². The van der Waals surface area contributed by atoms with Crippen molar-refractivity contribution in [1.82, 2.24) is 4.98 Å². The van der Waals surface area contributed by atoms with E-state index in [9.17, 15) is 4.79 Å². The van der Waals surface area contributed by atoms with Gasteiger partial charge in [0.15, 0.2) is 0 Å². The van der Waals surface area contributed by atoms with Gasteiger partial charge >= 0.3 is 0 Å². The van der Waals surface area contributed by atoms with Gasteiger partial charge in [0, 0.05) is 12.1 Å². The molecule has 0 atom stereocenters. The van der Waals surface area contributed by atoms with E-state index in [0.717, 1.165) is 23.4 Å². The summed E-state index contributed by atoms with van der Waals surface area (Å²) >= 11 is 0. The van der Waals surface area contributed by atoms with Crippen LogP contribution < -0.4 is 5.32 Å². The smallest absolute Gasteiger partial charge is 0.226 e. The number of hydrogen-bond acceptors (Lipinski definition) is 2. The van der Waals surface area contributed by atoms with Gasteiger partial charge in [0.05, 0.1) is 0 Å². The molecule has 112 valence electrons. The molecule has 4 fully saturated rings. The van der Waals surface area contributed by atoms with Crippen molar-refractivity contribution >= 4 is 11.7 Å². The van der Waals surface area contributed by atoms with Gasteiger partial charge in [-0.2, -0.15) is 0 Å². The summed E-state index contributed by atoms with van der Waals surface area (Å²) < 4.78 is 0. The third-order valence-electron chi connectivity index (χ3n) is 5.86. The summed E-state index contributed by atoms with van der Waals surface area (Å²) in [5.41, 5.74) is 1.26. The number of aryl methyl sites for hydroxylation is 1. The summed E-state index contributed by atoms with van der Waals surface area (Å²) in [6, 6.07) is 5.78. The molecule has 1 aromatic rings. The van der Waals surface area contributed by atoms with Gasteiger partial charge in [0.1, 0.15) is 5.82 Å². The summed E-state index contributed by atoms with van der Waals surface area (Å²) in [6.45, 7) is 1.95. The summed E-state index contributed by atoms with van der Waals surface area (Å²) in [7, 11) is 0. The van der Waals surface area contributed by atoms with Crippen LogP contribution >= 0.6 is 0 Å². The van der Waals surface area contributed by atoms with Crippen LogP contribution in [0.3, 0.4) is 0 Å². The molecule has 4 bridgehead atoms. The van der Waals surface area contributed by atoms with E-state index >= 15 is 0 Å². The van der Waals surface area contributed by atoms with E-state index in [-0.39, 0.29) is 5.91 Å². The maximum absolute atomic E-state index is 12.5. The minimum absolute atomic E-state index is 0.162. The van der Waals surface area contributed by atoms with Crippen molar-refractivity contribution < 1.29 is 4.79 Å². The molecule has 1 aromatic heterocycles. The standard InChI is InChI=1S/C18H24N2O/c1-12-3-2-4-16(19-12)20-17(21)11-18-8-13-5-14(9-18)7-15(6-13)10-18/h2-4,13-15H,5-11H2,1H3,(H,19,20,21). The first-order valence-electron chi connectivity index (χ1n) is 8.34. The number of carbonyl (C=O) groups is 1. The first-order chi connectivity index (χ1) is 10.1. The van der Waals surface area contributed by atoms with E-state index in [4.69, 9.17) is 0 Å². The maximum atomic E-state index is 12.5. The Labute approximate surface area is 126 Å². The number of anilines is 1. The first kappa shape index (κ1) is 13.3. The molecule has 0 aromatic carbocycles. The van der Waals surface area contributed by atoms with Gasteiger partial charge < -0.3 is 5.32 Å². The summed E-state index contributed by atoms with van der Waals surface area (Å²) in [6.07, 6.45) is 8.85. The minimum atomic E-state index is 0.162. The van der Waals surface area contributed by atoms with Crippen LogP contribution in [0.2, 0.25) is 0 Å². The molecule has 0 radical (unpaired) electrons. The normalized spacial score (nSPS) is 36.7. The van der Waals surface area contributed by atoms with Crippen LogP contribution in [0.25, 0.3) is 0 Å². The van der Waals surface area contributed by atoms with Crippen molar-refractivity contribution in [2.75, 3.05) is 5.32 Å². The van der Waals surface area contributed by atoms with Crippen molar-refractivity contribution in [2.24, 2.45) is 23.2 Å². The highest BCUT2D eigenvalue weighted by atomic mass is 16.1. The third kappa shape index (κ3) is 2.58. The molecule has 1 amide bonds. The number of carbonyl (C=O) groups excluding carboxylic acids is 1. The van der Waals surface area contributed by atoms with Crippen molar-refractivity contribution in [3.8, 4) is 0 Å². The molecule has 21 heavy (non-hydrogen) atoms. The van der Waals surface area contributed by atoms with E-state index in [1.165, 1.54) is 38.5 Å². The van der Waals surface area contributed by atoms with Gasteiger partial charge in [-0.3, -0.25) is 4.79 Å². The van der Waals surface area contributed by atoms with Crippen LogP contribution in [0, 0.1) is 30.1 Å². The zero-order chi connectivity index (χ0) is 14.4. The average Bonchev–Trinajstić information content (AvgIpc) is 2.35. The number of amides is 1. The van der Waals surface area contributed by atoms with Crippen LogP contribution in [0.5, 0.6) is 0 Å². The Bertz CT molecular complexity index is 531. The van der Waals surface area contributed by atoms with Gasteiger partial charge in [-0.05, 0) is 80.8 Å². The van der Waals surface area contributed by atoms with Gasteiger partial charge in [-0.25, -0.2) is 4.98 Å². The van der Waals surface area contributed by atoms with E-state index in [1.54, 1.807) is 0 Å². The highest BCUT2D eigenvalue weighted by molar-refractivity contribution is 5.90. The lowest BCUT2D eigenvalue weighted by atomic mass is 9.49. The summed E-state index contributed by atoms with van der Waals surface area (Å²) in [4.78, 5) is 16.8. The molecule has 4 aliphatic carbocycles. The summed E-state index contributed by atoms with van der Waals surface area (Å²) in [5.74, 6) is 3.57. The third-order valence-corrected chi connectivity index (χ3v) is 5.86. The Morgan fingerprint density at radius 1 is 1.19 bits per heavy atom. The number of rotatable bonds is 3. The Kier molecular flexibility index (Phi) is 3.05. The SMILES string of the molecule is Cc1cccc(NC(=O)CC23CC4CC(CC(C4)C2)C3)n1. The molecule has 1 N–H and O–H groups in total. The quantitative estimate of drug-likeness (QED) is 0.913. The zero-order valence-corrected chi connectivity index (χ0v) is 12.8. The molecular formula is C18H24N2O. The molecule has 4 aliphatic rings. The second-order valence-corrected chi connectivity index (χ2v) is 7.81. The number of nitrogens with one attached hydrogen (secondary N) is 1. The fraction of sp³-hybridized carbons (Fsp3) is 0.667. The topological polar surface area (TPSA) is 42.0 Å². The molecule has 0 spiro atoms. The molecule has 3 heteroatoms. The largest absolute Gasteiger partial charge is 0.311 e. The molecule has 0 saturated heterocycles. The highest BCUT2D eigenvalue weighted by Gasteiger charge is 2.51. The fourth-order valence-electron chi connectivity index (χ4n) is 5.65. The second-order valence-electron chi connectivity index (χ2n) is 7.81. The maximum Gasteiger partial charge on any atom is 0.226 e. The van der Waals surface area contributed by atoms with Crippen LogP contribution in [-0.2, 0) is 4.79 Å². The molecule has 5 rings (SSSR count). The molecule has 0 unspecified atom stereocenters. The molecular weight excluding hydrogens is 260 g/mol. The van der Waals surface area contributed by atoms with Gasteiger partial charge in [-0.1, -0.05) is 6.07 Å².